The fourth-order valence-electron chi connectivity index (χ4n) is 3.69. The average molecular weight is 430 g/mol. The molecule has 0 aliphatic heterocycles. The fraction of sp³-hybridized carbons (Fsp3) is 0.250. The molecule has 31 heavy (non-hydrogen) atoms. The van der Waals surface area contributed by atoms with Gasteiger partial charge in [0.1, 0.15) is 17.0 Å². The van der Waals surface area contributed by atoms with Crippen LogP contribution in [0.4, 0.5) is 5.82 Å². The first-order valence-corrected chi connectivity index (χ1v) is 11.2. The number of benzene rings is 1. The van der Waals surface area contributed by atoms with Crippen molar-refractivity contribution in [2.24, 2.45) is 0 Å². The van der Waals surface area contributed by atoms with E-state index in [1.165, 1.54) is 16.9 Å². The third-order valence-corrected chi connectivity index (χ3v) is 6.78. The van der Waals surface area contributed by atoms with Gasteiger partial charge in [-0.05, 0) is 55.5 Å². The molecule has 4 aromatic rings. The zero-order valence-electron chi connectivity index (χ0n) is 17.4. The van der Waals surface area contributed by atoms with Crippen molar-refractivity contribution < 1.29 is 4.79 Å². The second kappa shape index (κ2) is 8.07. The number of hydrogen-bond donors (Lipinski definition) is 2. The summed E-state index contributed by atoms with van der Waals surface area (Å²) < 4.78 is 0. The van der Waals surface area contributed by atoms with Crippen molar-refractivity contribution in [3.63, 3.8) is 0 Å². The predicted octanol–water partition coefficient (Wildman–Crippen LogP) is 4.80. The van der Waals surface area contributed by atoms with Crippen molar-refractivity contribution in [1.29, 1.82) is 0 Å². The molecule has 0 radical (unpaired) electrons. The van der Waals surface area contributed by atoms with Crippen LogP contribution in [0.2, 0.25) is 0 Å². The Bertz CT molecular complexity index is 1230. The third kappa shape index (κ3) is 4.01. The quantitative estimate of drug-likeness (QED) is 0.460. The standard InChI is InChI=1S/C24H23N5OS/c1-14-3-5-16(6-4-14)20(17-9-11-25-12-10-17)29-23(30)21-15(2)19-22(28-18-7-8-18)26-13-27-24(19)31-21/h3-6,9-13,18,20H,7-8H2,1-2H3,(H,29,30)(H,26,27,28)/t20-/m1/s1. The van der Waals surface area contributed by atoms with Crippen LogP contribution in [0.3, 0.4) is 0 Å². The van der Waals surface area contributed by atoms with Crippen molar-refractivity contribution in [2.75, 3.05) is 5.32 Å². The van der Waals surface area contributed by atoms with E-state index in [4.69, 9.17) is 0 Å². The van der Waals surface area contributed by atoms with Gasteiger partial charge in [-0.15, -0.1) is 11.3 Å². The van der Waals surface area contributed by atoms with E-state index in [0.29, 0.717) is 10.9 Å². The monoisotopic (exact) mass is 429 g/mol. The number of rotatable bonds is 6. The van der Waals surface area contributed by atoms with Gasteiger partial charge in [-0.3, -0.25) is 9.78 Å². The number of hydrogen-bond acceptors (Lipinski definition) is 6. The molecule has 1 atom stereocenters. The number of carbonyl (C=O) groups is 1. The van der Waals surface area contributed by atoms with Crippen LogP contribution in [0.15, 0.2) is 55.1 Å². The van der Waals surface area contributed by atoms with Crippen LogP contribution in [-0.4, -0.2) is 26.9 Å². The van der Waals surface area contributed by atoms with Gasteiger partial charge in [0.25, 0.3) is 5.91 Å². The van der Waals surface area contributed by atoms with Crippen molar-refractivity contribution >= 4 is 33.3 Å². The molecule has 156 valence electrons. The van der Waals surface area contributed by atoms with Crippen LogP contribution < -0.4 is 10.6 Å². The van der Waals surface area contributed by atoms with E-state index >= 15 is 0 Å². The number of nitrogens with one attached hydrogen (secondary N) is 2. The molecule has 3 aromatic heterocycles. The molecule has 1 aromatic carbocycles. The van der Waals surface area contributed by atoms with E-state index < -0.39 is 0 Å². The lowest BCUT2D eigenvalue weighted by molar-refractivity contribution is 0.0946. The Labute approximate surface area is 184 Å². The number of anilines is 1. The third-order valence-electron chi connectivity index (χ3n) is 5.58. The van der Waals surface area contributed by atoms with Crippen molar-refractivity contribution in [3.8, 4) is 0 Å². The molecule has 1 fully saturated rings. The molecule has 0 spiro atoms. The van der Waals surface area contributed by atoms with Gasteiger partial charge in [0.05, 0.1) is 16.3 Å². The number of nitrogens with zero attached hydrogens (tertiary/aromatic N) is 3. The van der Waals surface area contributed by atoms with E-state index in [2.05, 4.69) is 56.8 Å². The molecular formula is C24H23N5OS. The number of aromatic nitrogens is 3. The summed E-state index contributed by atoms with van der Waals surface area (Å²) in [4.78, 5) is 27.9. The van der Waals surface area contributed by atoms with Gasteiger partial charge in [0, 0.05) is 18.4 Å². The highest BCUT2D eigenvalue weighted by atomic mass is 32.1. The predicted molar refractivity (Wildman–Crippen MR) is 124 cm³/mol. The minimum atomic E-state index is -0.268. The first kappa shape index (κ1) is 19.6. The zero-order chi connectivity index (χ0) is 21.4. The summed E-state index contributed by atoms with van der Waals surface area (Å²) in [6.07, 6.45) is 7.38. The van der Waals surface area contributed by atoms with Gasteiger partial charge in [-0.2, -0.15) is 0 Å². The first-order valence-electron chi connectivity index (χ1n) is 10.4. The van der Waals surface area contributed by atoms with Crippen LogP contribution in [0.1, 0.15) is 50.8 Å². The smallest absolute Gasteiger partial charge is 0.262 e. The highest BCUT2D eigenvalue weighted by Gasteiger charge is 2.26. The van der Waals surface area contributed by atoms with E-state index in [0.717, 1.165) is 45.6 Å². The number of fused-ring (bicyclic) bond motifs is 1. The summed E-state index contributed by atoms with van der Waals surface area (Å²) in [5.74, 6) is 0.713. The molecular weight excluding hydrogens is 406 g/mol. The van der Waals surface area contributed by atoms with Gasteiger partial charge >= 0.3 is 0 Å². The van der Waals surface area contributed by atoms with Gasteiger partial charge < -0.3 is 10.6 Å². The number of aryl methyl sites for hydroxylation is 2. The van der Waals surface area contributed by atoms with Crippen molar-refractivity contribution in [2.45, 2.75) is 38.8 Å². The second-order valence-electron chi connectivity index (χ2n) is 7.97. The molecule has 2 N–H and O–H groups in total. The van der Waals surface area contributed by atoms with Gasteiger partial charge in [0.2, 0.25) is 0 Å². The Morgan fingerprint density at radius 1 is 1.03 bits per heavy atom. The highest BCUT2D eigenvalue weighted by molar-refractivity contribution is 7.20. The molecule has 1 aliphatic carbocycles. The summed E-state index contributed by atoms with van der Waals surface area (Å²) in [7, 11) is 0. The van der Waals surface area contributed by atoms with E-state index in [9.17, 15) is 4.79 Å². The van der Waals surface area contributed by atoms with Crippen LogP contribution in [-0.2, 0) is 0 Å². The minimum Gasteiger partial charge on any atom is -0.367 e. The summed E-state index contributed by atoms with van der Waals surface area (Å²) >= 11 is 1.41. The molecule has 0 saturated heterocycles. The number of thiophene rings is 1. The topological polar surface area (TPSA) is 79.8 Å². The number of carbonyl (C=O) groups excluding carboxylic acids is 1. The fourth-order valence-corrected chi connectivity index (χ4v) is 4.74. The number of pyridine rings is 1. The summed E-state index contributed by atoms with van der Waals surface area (Å²) in [5, 5.41) is 7.65. The second-order valence-corrected chi connectivity index (χ2v) is 8.97. The van der Waals surface area contributed by atoms with E-state index in [1.54, 1.807) is 18.7 Å². The van der Waals surface area contributed by atoms with Crippen LogP contribution >= 0.6 is 11.3 Å². The van der Waals surface area contributed by atoms with Crippen LogP contribution in [0, 0.1) is 13.8 Å². The van der Waals surface area contributed by atoms with E-state index in [-0.39, 0.29) is 11.9 Å². The molecule has 0 bridgehead atoms. The molecule has 1 aliphatic rings. The lowest BCUT2D eigenvalue weighted by Gasteiger charge is -2.20. The summed E-state index contributed by atoms with van der Waals surface area (Å²) in [6.45, 7) is 4.03. The molecule has 7 heteroatoms. The molecule has 0 unspecified atom stereocenters. The van der Waals surface area contributed by atoms with Gasteiger partial charge in [0.15, 0.2) is 0 Å². The summed E-state index contributed by atoms with van der Waals surface area (Å²) in [6, 6.07) is 12.3. The maximum absolute atomic E-state index is 13.4. The van der Waals surface area contributed by atoms with Crippen molar-refractivity contribution in [1.82, 2.24) is 20.3 Å². The lowest BCUT2D eigenvalue weighted by Crippen LogP contribution is -2.29. The highest BCUT2D eigenvalue weighted by Crippen LogP contribution is 2.36. The Hall–Kier alpha value is -3.32. The maximum atomic E-state index is 13.4. The Morgan fingerprint density at radius 3 is 2.45 bits per heavy atom. The Balaban J connectivity index is 1.50. The number of amides is 1. The molecule has 3 heterocycles. The molecule has 5 rings (SSSR count). The average Bonchev–Trinajstić information content (AvgIpc) is 3.54. The normalized spacial score (nSPS) is 14.4. The minimum absolute atomic E-state index is 0.111. The first-order chi connectivity index (χ1) is 15.1. The van der Waals surface area contributed by atoms with Crippen LogP contribution in [0.25, 0.3) is 10.2 Å². The zero-order valence-corrected chi connectivity index (χ0v) is 18.2. The largest absolute Gasteiger partial charge is 0.367 e. The summed E-state index contributed by atoms with van der Waals surface area (Å²) in [5.41, 5.74) is 4.11. The molecule has 6 nitrogen and oxygen atoms in total. The molecule has 1 amide bonds. The SMILES string of the molecule is Cc1ccc([C@@H](NC(=O)c2sc3ncnc(NC4CC4)c3c2C)c2ccncc2)cc1. The van der Waals surface area contributed by atoms with Gasteiger partial charge in [-0.25, -0.2) is 9.97 Å². The van der Waals surface area contributed by atoms with Crippen molar-refractivity contribution in [3.05, 3.63) is 82.3 Å². The van der Waals surface area contributed by atoms with Crippen LogP contribution in [0.5, 0.6) is 0 Å². The Kier molecular flexibility index (Phi) is 5.11. The molecule has 1 saturated carbocycles. The van der Waals surface area contributed by atoms with Gasteiger partial charge in [-0.1, -0.05) is 29.8 Å². The lowest BCUT2D eigenvalue weighted by atomic mass is 9.98. The van der Waals surface area contributed by atoms with E-state index in [1.807, 2.05) is 19.1 Å². The maximum Gasteiger partial charge on any atom is 0.262 e. The Morgan fingerprint density at radius 2 is 1.74 bits per heavy atom.